The van der Waals surface area contributed by atoms with Gasteiger partial charge in [0.15, 0.2) is 11.3 Å². The van der Waals surface area contributed by atoms with E-state index in [9.17, 15) is 0 Å². The normalized spacial score (nSPS) is 15.3. The number of unbranched alkanes of at least 4 members (excludes halogenated alkanes) is 30. The highest BCUT2D eigenvalue weighted by atomic mass is 32.1. The summed E-state index contributed by atoms with van der Waals surface area (Å²) in [5.41, 5.74) is 1.84. The summed E-state index contributed by atoms with van der Waals surface area (Å²) in [7, 11) is -2.03. The summed E-state index contributed by atoms with van der Waals surface area (Å²) in [6, 6.07) is 13.4. The Morgan fingerprint density at radius 1 is 0.351 bits per heavy atom. The van der Waals surface area contributed by atoms with Crippen molar-refractivity contribution in [2.24, 2.45) is 20.0 Å². The third-order valence-electron chi connectivity index (χ3n) is 18.5. The summed E-state index contributed by atoms with van der Waals surface area (Å²) in [6.45, 7) is 18.8. The first-order chi connectivity index (χ1) is 37.7. The van der Waals surface area contributed by atoms with Gasteiger partial charge in [0.25, 0.3) is 0 Å². The number of hydrogen-bond donors (Lipinski definition) is 0. The zero-order valence-corrected chi connectivity index (χ0v) is 53.7. The number of nitrogens with zero attached hydrogens (tertiary/aromatic N) is 4. The quantitative estimate of drug-likeness (QED) is 0.0313. The summed E-state index contributed by atoms with van der Waals surface area (Å²) >= 11 is 4.24. The lowest BCUT2D eigenvalue weighted by Crippen LogP contribution is -2.54. The minimum absolute atomic E-state index is 0.368. The maximum atomic E-state index is 6.11. The summed E-state index contributed by atoms with van der Waals surface area (Å²) in [4.78, 5) is 30.3. The molecule has 77 heavy (non-hydrogen) atoms. The predicted octanol–water partition coefficient (Wildman–Crippen LogP) is 20.4. The van der Waals surface area contributed by atoms with E-state index in [1.807, 2.05) is 0 Å². The third kappa shape index (κ3) is 16.4. The molecule has 0 fully saturated rings. The van der Waals surface area contributed by atoms with Gasteiger partial charge in [0.2, 0.25) is 0 Å². The van der Waals surface area contributed by atoms with E-state index < -0.39 is 13.7 Å². The molecule has 2 aromatic heterocycles. The van der Waals surface area contributed by atoms with Gasteiger partial charge in [-0.25, -0.2) is 0 Å². The van der Waals surface area contributed by atoms with E-state index in [0.29, 0.717) is 0 Å². The standard InChI is InChI=1S/C70H112N4S2Si/c1-9-15-21-27-33-39-45-69(46-40-34-28-22-16-10-2)71-63-55(7)51-57-58(64(63)72-69)53-59(66-65(57)73-70(74-66,47-41-35-29-23-17-11-3)48-42-36-30-24-18-12-4)60-54-62-68(76-60)67-61(52-56(8)75-67)77(62,49-43-37-31-25-19-13-5)50-44-38-32-26-20-14-6/h51-54H,9-50H2,1-8H3. The van der Waals surface area contributed by atoms with Gasteiger partial charge in [-0.2, -0.15) is 0 Å². The van der Waals surface area contributed by atoms with Crippen LogP contribution in [0.3, 0.4) is 0 Å². The topological polar surface area (TPSA) is 49.4 Å². The Hall–Kier alpha value is -2.48. The third-order valence-corrected chi connectivity index (χ3v) is 26.5. The first kappa shape index (κ1) is 62.1. The highest BCUT2D eigenvalue weighted by Gasteiger charge is 2.47. The Morgan fingerprint density at radius 3 is 1.13 bits per heavy atom. The first-order valence-electron chi connectivity index (χ1n) is 33.5. The van der Waals surface area contributed by atoms with E-state index in [2.05, 4.69) is 102 Å². The van der Waals surface area contributed by atoms with E-state index in [1.165, 1.54) is 286 Å². The molecule has 428 valence electrons. The van der Waals surface area contributed by atoms with Gasteiger partial charge in [-0.15, -0.1) is 22.7 Å². The van der Waals surface area contributed by atoms with Crippen molar-refractivity contribution in [3.05, 3.63) is 56.1 Å². The Balaban J connectivity index is 1.39. The lowest BCUT2D eigenvalue weighted by Gasteiger charge is -2.29. The highest BCUT2D eigenvalue weighted by Crippen LogP contribution is 2.45. The van der Waals surface area contributed by atoms with Crippen molar-refractivity contribution in [1.82, 2.24) is 0 Å². The monoisotopic (exact) mass is 1100 g/mol. The molecule has 0 saturated heterocycles. The first-order valence-corrected chi connectivity index (χ1v) is 37.6. The Morgan fingerprint density at radius 2 is 0.688 bits per heavy atom. The van der Waals surface area contributed by atoms with Crippen LogP contribution in [0.15, 0.2) is 44.2 Å². The average Bonchev–Trinajstić information content (AvgIpc) is 4.41. The van der Waals surface area contributed by atoms with Crippen molar-refractivity contribution in [2.45, 2.75) is 336 Å². The van der Waals surface area contributed by atoms with Crippen molar-refractivity contribution < 1.29 is 0 Å². The van der Waals surface area contributed by atoms with E-state index in [0.717, 1.165) is 36.4 Å². The molecule has 4 nitrogen and oxygen atoms in total. The smallest absolute Gasteiger partial charge is 0.151 e. The fourth-order valence-electron chi connectivity index (χ4n) is 13.9. The van der Waals surface area contributed by atoms with Crippen LogP contribution in [-0.2, 0) is 0 Å². The number of thiophene rings is 2. The number of benzene rings is 2. The summed E-state index contributed by atoms with van der Waals surface area (Å²) < 4.78 is 0. The molecule has 0 radical (unpaired) electrons. The zero-order chi connectivity index (χ0) is 54.4. The van der Waals surface area contributed by atoms with Crippen molar-refractivity contribution >= 4 is 51.9 Å². The molecule has 7 heteroatoms. The molecular weight excluding hydrogens is 989 g/mol. The molecule has 0 N–H and O–H groups in total. The fourth-order valence-corrected chi connectivity index (χ4v) is 23.3. The van der Waals surface area contributed by atoms with Crippen LogP contribution in [0.25, 0.3) is 31.0 Å². The predicted molar refractivity (Wildman–Crippen MR) is 343 cm³/mol. The Kier molecular flexibility index (Phi) is 26.0. The van der Waals surface area contributed by atoms with Crippen LogP contribution >= 0.6 is 22.7 Å². The average molecular weight is 1100 g/mol. The molecule has 0 atom stereocenters. The van der Waals surface area contributed by atoms with Crippen LogP contribution in [0.2, 0.25) is 12.1 Å². The number of aryl methyl sites for hydroxylation is 2. The molecule has 0 amide bonds. The van der Waals surface area contributed by atoms with Crippen LogP contribution in [0.1, 0.15) is 309 Å². The lowest BCUT2D eigenvalue weighted by molar-refractivity contribution is 0.348. The molecule has 0 bridgehead atoms. The molecule has 5 heterocycles. The molecule has 4 aromatic rings. The molecule has 2 aromatic carbocycles. The molecule has 0 unspecified atom stereocenters. The van der Waals surface area contributed by atoms with Crippen molar-refractivity contribution in [3.8, 4) is 20.2 Å². The fraction of sp³-hybridized carbons (Fsp3) is 0.743. The van der Waals surface area contributed by atoms with Gasteiger partial charge < -0.3 is 0 Å². The number of fused-ring (bicyclic) bond motifs is 8. The molecule has 0 saturated carbocycles. The highest BCUT2D eigenvalue weighted by molar-refractivity contribution is 7.30. The van der Waals surface area contributed by atoms with Crippen molar-refractivity contribution in [3.63, 3.8) is 0 Å². The zero-order valence-electron chi connectivity index (χ0n) is 51.1. The Bertz CT molecular complexity index is 2610. The van der Waals surface area contributed by atoms with E-state index in [1.54, 1.807) is 20.1 Å². The van der Waals surface area contributed by atoms with Crippen LogP contribution < -0.4 is 31.8 Å². The van der Waals surface area contributed by atoms with Crippen LogP contribution in [0.5, 0.6) is 0 Å². The molecule has 3 aliphatic rings. The van der Waals surface area contributed by atoms with Gasteiger partial charge in [0, 0.05) is 35.8 Å². The SMILES string of the molecule is CCCCCCCCC1(CCCCCCCC)N=c2c(C)cc3c4c(c(-c5cc6c(s5)-c5sc(C)cc5[Si]6(CCCCCCCC)CCCCCCCC)cc3c2=N1)=NC(CCCCCCCC)(CCCCCCCC)N=4. The minimum Gasteiger partial charge on any atom is -0.253 e. The van der Waals surface area contributed by atoms with Crippen LogP contribution in [0, 0.1) is 13.8 Å². The van der Waals surface area contributed by atoms with Crippen molar-refractivity contribution in [2.75, 3.05) is 0 Å². The Labute approximate surface area is 480 Å². The van der Waals surface area contributed by atoms with Gasteiger partial charge >= 0.3 is 0 Å². The second-order valence-corrected chi connectivity index (χ2v) is 31.7. The summed E-state index contributed by atoms with van der Waals surface area (Å²) in [6.07, 6.45) is 51.9. The van der Waals surface area contributed by atoms with Gasteiger partial charge in [-0.1, -0.05) is 247 Å². The number of rotatable bonds is 43. The van der Waals surface area contributed by atoms with Gasteiger partial charge in [0.1, 0.15) is 8.07 Å². The summed E-state index contributed by atoms with van der Waals surface area (Å²) in [5.74, 6) is 0. The van der Waals surface area contributed by atoms with Gasteiger partial charge in [-0.05, 0) is 118 Å². The van der Waals surface area contributed by atoms with Crippen LogP contribution in [-0.4, -0.2) is 19.4 Å². The molecule has 0 aliphatic carbocycles. The minimum atomic E-state index is -2.03. The largest absolute Gasteiger partial charge is 0.253 e. The second kappa shape index (κ2) is 32.2. The van der Waals surface area contributed by atoms with Crippen LogP contribution in [0.4, 0.5) is 0 Å². The number of hydrogen-bond acceptors (Lipinski definition) is 6. The molecular formula is C70H112N4S2Si. The second-order valence-electron chi connectivity index (χ2n) is 25.2. The van der Waals surface area contributed by atoms with E-state index in [-0.39, 0.29) is 5.66 Å². The van der Waals surface area contributed by atoms with Crippen molar-refractivity contribution in [1.29, 1.82) is 0 Å². The molecule has 7 rings (SSSR count). The molecule has 3 aliphatic heterocycles. The van der Waals surface area contributed by atoms with E-state index >= 15 is 0 Å². The van der Waals surface area contributed by atoms with Gasteiger partial charge in [-0.3, -0.25) is 20.0 Å². The lowest BCUT2D eigenvalue weighted by atomic mass is 9.95. The molecule has 0 spiro atoms. The van der Waals surface area contributed by atoms with E-state index in [4.69, 9.17) is 20.0 Å². The maximum Gasteiger partial charge on any atom is 0.151 e. The summed E-state index contributed by atoms with van der Waals surface area (Å²) in [5, 5.41) is 10.8. The van der Waals surface area contributed by atoms with Gasteiger partial charge in [0.05, 0.1) is 21.4 Å². The maximum absolute atomic E-state index is 6.11.